The molecule has 4 rings (SSSR count). The Morgan fingerprint density at radius 2 is 1.78 bits per heavy atom. The zero-order valence-electron chi connectivity index (χ0n) is 14.8. The summed E-state index contributed by atoms with van der Waals surface area (Å²) in [5.74, 6) is -0.579. The summed E-state index contributed by atoms with van der Waals surface area (Å²) >= 11 is 0. The van der Waals surface area contributed by atoms with Gasteiger partial charge in [-0.25, -0.2) is 8.78 Å². The molecule has 5 nitrogen and oxygen atoms in total. The molecular weight excluding hydrogens is 354 g/mol. The van der Waals surface area contributed by atoms with Crippen LogP contribution in [0.2, 0.25) is 0 Å². The second kappa shape index (κ2) is 7.52. The van der Waals surface area contributed by atoms with E-state index in [-0.39, 0.29) is 18.1 Å². The van der Waals surface area contributed by atoms with E-state index in [4.69, 9.17) is 9.47 Å². The molecule has 2 aliphatic heterocycles. The molecule has 7 heteroatoms. The van der Waals surface area contributed by atoms with Gasteiger partial charge in [0.2, 0.25) is 0 Å². The number of anilines is 1. The van der Waals surface area contributed by atoms with E-state index in [9.17, 15) is 13.6 Å². The molecule has 27 heavy (non-hydrogen) atoms. The molecule has 142 valence electrons. The van der Waals surface area contributed by atoms with Crippen LogP contribution in [0.1, 0.15) is 17.5 Å². The number of fused-ring (bicyclic) bond motifs is 2. The van der Waals surface area contributed by atoms with Gasteiger partial charge in [0.05, 0.1) is 19.8 Å². The van der Waals surface area contributed by atoms with Crippen molar-refractivity contribution in [3.05, 3.63) is 53.1 Å². The molecule has 2 aliphatic rings. The number of benzene rings is 2. The first-order valence-corrected chi connectivity index (χ1v) is 9.08. The van der Waals surface area contributed by atoms with Crippen LogP contribution in [0.3, 0.4) is 0 Å². The highest BCUT2D eigenvalue weighted by Gasteiger charge is 2.25. The number of rotatable bonds is 3. The average Bonchev–Trinajstić information content (AvgIpc) is 2.87. The summed E-state index contributed by atoms with van der Waals surface area (Å²) < 4.78 is 37.7. The lowest BCUT2D eigenvalue weighted by Crippen LogP contribution is -3.12. The van der Waals surface area contributed by atoms with Gasteiger partial charge < -0.3 is 19.7 Å². The monoisotopic (exact) mass is 375 g/mol. The highest BCUT2D eigenvalue weighted by atomic mass is 19.2. The summed E-state index contributed by atoms with van der Waals surface area (Å²) in [6, 6.07) is 7.41. The minimum atomic E-state index is -0.977. The summed E-state index contributed by atoms with van der Waals surface area (Å²) in [6.07, 6.45) is 1.71. The van der Waals surface area contributed by atoms with Crippen molar-refractivity contribution in [2.45, 2.75) is 19.4 Å². The summed E-state index contributed by atoms with van der Waals surface area (Å²) in [5, 5.41) is 2.63. The number of nitrogens with one attached hydrogen (secondary N) is 2. The number of carbonyl (C=O) groups excluding carboxylic acids is 1. The predicted octanol–water partition coefficient (Wildman–Crippen LogP) is 1.71. The lowest BCUT2D eigenvalue weighted by molar-refractivity contribution is -0.907. The molecule has 1 atom stereocenters. The van der Waals surface area contributed by atoms with Crippen molar-refractivity contribution in [3.8, 4) is 11.5 Å². The first-order chi connectivity index (χ1) is 13.1. The highest BCUT2D eigenvalue weighted by molar-refractivity contribution is 5.91. The number of hydrogen-bond donors (Lipinski definition) is 2. The van der Waals surface area contributed by atoms with Crippen LogP contribution < -0.4 is 19.7 Å². The van der Waals surface area contributed by atoms with Crippen LogP contribution in [0.5, 0.6) is 11.5 Å². The molecule has 0 fully saturated rings. The van der Waals surface area contributed by atoms with E-state index in [1.165, 1.54) is 11.6 Å². The number of amides is 1. The summed E-state index contributed by atoms with van der Waals surface area (Å²) in [4.78, 5) is 13.4. The highest BCUT2D eigenvalue weighted by Crippen LogP contribution is 2.33. The van der Waals surface area contributed by atoms with Crippen molar-refractivity contribution >= 4 is 11.6 Å². The van der Waals surface area contributed by atoms with Crippen LogP contribution in [-0.4, -0.2) is 32.2 Å². The van der Waals surface area contributed by atoms with Gasteiger partial charge >= 0.3 is 0 Å². The van der Waals surface area contributed by atoms with E-state index in [0.717, 1.165) is 53.5 Å². The van der Waals surface area contributed by atoms with Crippen LogP contribution in [0.15, 0.2) is 30.3 Å². The van der Waals surface area contributed by atoms with Gasteiger partial charge in [-0.1, -0.05) is 0 Å². The van der Waals surface area contributed by atoms with Gasteiger partial charge in [0, 0.05) is 30.2 Å². The van der Waals surface area contributed by atoms with Crippen LogP contribution in [-0.2, 0) is 17.8 Å². The van der Waals surface area contributed by atoms with Crippen molar-refractivity contribution in [1.82, 2.24) is 0 Å². The Hall–Kier alpha value is -2.67. The van der Waals surface area contributed by atoms with Crippen molar-refractivity contribution in [1.29, 1.82) is 0 Å². The molecule has 0 bridgehead atoms. The Morgan fingerprint density at radius 3 is 2.52 bits per heavy atom. The summed E-state index contributed by atoms with van der Waals surface area (Å²) in [5.41, 5.74) is 2.64. The Kier molecular flexibility index (Phi) is 4.94. The summed E-state index contributed by atoms with van der Waals surface area (Å²) in [6.45, 7) is 3.08. The third kappa shape index (κ3) is 4.03. The SMILES string of the molecule is O=C(C[NH+]1CCc2cc3c(cc2C1)OCCCO3)Nc1ccc(F)c(F)c1. The average molecular weight is 375 g/mol. The molecule has 1 unspecified atom stereocenters. The standard InChI is InChI=1S/C20H20F2N2O3/c21-16-3-2-15(10-17(16)22)23-20(25)12-24-5-4-13-8-18-19(9-14(13)11-24)27-7-1-6-26-18/h2-3,8-10H,1,4-7,11-12H2,(H,23,25)/p+1. The second-order valence-corrected chi connectivity index (χ2v) is 6.90. The Morgan fingerprint density at radius 1 is 1.04 bits per heavy atom. The third-order valence-corrected chi connectivity index (χ3v) is 4.87. The third-order valence-electron chi connectivity index (χ3n) is 4.87. The lowest BCUT2D eigenvalue weighted by Gasteiger charge is -2.26. The molecule has 1 amide bonds. The minimum Gasteiger partial charge on any atom is -0.490 e. The molecule has 0 saturated heterocycles. The van der Waals surface area contributed by atoms with Gasteiger partial charge in [0.25, 0.3) is 5.91 Å². The zero-order chi connectivity index (χ0) is 18.8. The van der Waals surface area contributed by atoms with Gasteiger partial charge in [-0.15, -0.1) is 0 Å². The molecule has 0 aromatic heterocycles. The van der Waals surface area contributed by atoms with Crippen molar-refractivity contribution < 1.29 is 27.9 Å². The Balaban J connectivity index is 1.41. The fourth-order valence-corrected chi connectivity index (χ4v) is 3.52. The Labute approximate surface area is 155 Å². The van der Waals surface area contributed by atoms with Crippen LogP contribution >= 0.6 is 0 Å². The molecule has 0 aliphatic carbocycles. The number of halogens is 2. The smallest absolute Gasteiger partial charge is 0.279 e. The molecule has 0 saturated carbocycles. The maximum atomic E-state index is 13.3. The molecular formula is C20H21F2N2O3+. The molecule has 2 N–H and O–H groups in total. The van der Waals surface area contributed by atoms with E-state index < -0.39 is 11.6 Å². The molecule has 2 aromatic rings. The number of hydrogen-bond acceptors (Lipinski definition) is 3. The van der Waals surface area contributed by atoms with E-state index >= 15 is 0 Å². The van der Waals surface area contributed by atoms with Gasteiger partial charge in [0.1, 0.15) is 6.54 Å². The normalized spacial score (nSPS) is 18.4. The quantitative estimate of drug-likeness (QED) is 0.859. The van der Waals surface area contributed by atoms with Gasteiger partial charge in [-0.05, 0) is 29.8 Å². The second-order valence-electron chi connectivity index (χ2n) is 6.90. The van der Waals surface area contributed by atoms with Crippen LogP contribution in [0.25, 0.3) is 0 Å². The molecule has 2 heterocycles. The molecule has 2 aromatic carbocycles. The zero-order valence-corrected chi connectivity index (χ0v) is 14.8. The van der Waals surface area contributed by atoms with Gasteiger partial charge in [-0.3, -0.25) is 4.79 Å². The minimum absolute atomic E-state index is 0.228. The van der Waals surface area contributed by atoms with Crippen molar-refractivity contribution in [2.24, 2.45) is 0 Å². The number of carbonyl (C=O) groups is 1. The van der Waals surface area contributed by atoms with Crippen LogP contribution in [0, 0.1) is 11.6 Å². The van der Waals surface area contributed by atoms with Crippen LogP contribution in [0.4, 0.5) is 14.5 Å². The molecule has 0 radical (unpaired) electrons. The van der Waals surface area contributed by atoms with E-state index in [2.05, 4.69) is 5.32 Å². The number of ether oxygens (including phenoxy) is 2. The van der Waals surface area contributed by atoms with Gasteiger partial charge in [0.15, 0.2) is 29.7 Å². The van der Waals surface area contributed by atoms with Crippen molar-refractivity contribution in [2.75, 3.05) is 31.6 Å². The fourth-order valence-electron chi connectivity index (χ4n) is 3.52. The summed E-state index contributed by atoms with van der Waals surface area (Å²) in [7, 11) is 0. The maximum Gasteiger partial charge on any atom is 0.279 e. The Bertz CT molecular complexity index is 873. The lowest BCUT2D eigenvalue weighted by atomic mass is 9.99. The fraction of sp³-hybridized carbons (Fsp3) is 0.350. The first kappa shape index (κ1) is 17.7. The van der Waals surface area contributed by atoms with Gasteiger partial charge in [-0.2, -0.15) is 0 Å². The molecule has 0 spiro atoms. The van der Waals surface area contributed by atoms with E-state index in [1.54, 1.807) is 0 Å². The predicted molar refractivity (Wildman–Crippen MR) is 95.1 cm³/mol. The first-order valence-electron chi connectivity index (χ1n) is 9.08. The largest absolute Gasteiger partial charge is 0.490 e. The van der Waals surface area contributed by atoms with Crippen molar-refractivity contribution in [3.63, 3.8) is 0 Å². The van der Waals surface area contributed by atoms with E-state index in [1.807, 2.05) is 12.1 Å². The number of quaternary nitrogens is 1. The maximum absolute atomic E-state index is 13.3. The topological polar surface area (TPSA) is 52.0 Å². The van der Waals surface area contributed by atoms with E-state index in [0.29, 0.717) is 19.8 Å².